The molecule has 0 spiro atoms. The topological polar surface area (TPSA) is 55.4 Å². The summed E-state index contributed by atoms with van der Waals surface area (Å²) in [5.41, 5.74) is 0.103. The van der Waals surface area contributed by atoms with Crippen molar-refractivity contribution in [2.24, 2.45) is 0 Å². The third-order valence-corrected chi connectivity index (χ3v) is 3.99. The van der Waals surface area contributed by atoms with Crippen LogP contribution in [0.1, 0.15) is 6.92 Å². The fraction of sp³-hybridized carbons (Fsp3) is 0.455. The monoisotopic (exact) mass is 297 g/mol. The van der Waals surface area contributed by atoms with E-state index >= 15 is 0 Å². The molecular weight excluding hydrogens is 283 g/mol. The number of benzene rings is 1. The Labute approximate surface area is 109 Å². The van der Waals surface area contributed by atoms with Gasteiger partial charge in [0.25, 0.3) is 0 Å². The lowest BCUT2D eigenvalue weighted by Crippen LogP contribution is -2.20. The first-order valence-electron chi connectivity index (χ1n) is 5.52. The molecule has 0 aliphatic carbocycles. The van der Waals surface area contributed by atoms with Crippen molar-refractivity contribution in [1.29, 1.82) is 0 Å². The number of rotatable bonds is 6. The highest BCUT2D eigenvalue weighted by atomic mass is 32.2. The van der Waals surface area contributed by atoms with Crippen LogP contribution in [0, 0.1) is 0 Å². The maximum Gasteiger partial charge on any atom is 0.573 e. The zero-order chi connectivity index (χ0) is 14.5. The molecule has 0 aliphatic rings. The zero-order valence-corrected chi connectivity index (χ0v) is 11.0. The molecule has 0 atom stereocenters. The Hall–Kier alpha value is -1.44. The van der Waals surface area contributed by atoms with E-state index in [1.165, 1.54) is 25.1 Å². The van der Waals surface area contributed by atoms with Crippen LogP contribution in [-0.4, -0.2) is 32.8 Å². The van der Waals surface area contributed by atoms with Gasteiger partial charge in [0.05, 0.1) is 11.4 Å². The molecule has 4 nitrogen and oxygen atoms in total. The molecule has 0 bridgehead atoms. The highest BCUT2D eigenvalue weighted by molar-refractivity contribution is 7.91. The molecule has 0 unspecified atom stereocenters. The number of halogens is 3. The van der Waals surface area contributed by atoms with Gasteiger partial charge in [-0.25, -0.2) is 8.42 Å². The van der Waals surface area contributed by atoms with E-state index in [4.69, 9.17) is 0 Å². The number of alkyl halides is 3. The van der Waals surface area contributed by atoms with Crippen LogP contribution in [0.25, 0.3) is 0 Å². The summed E-state index contributed by atoms with van der Waals surface area (Å²) in [6.45, 7) is 1.53. The van der Waals surface area contributed by atoms with Crippen molar-refractivity contribution in [2.45, 2.75) is 13.3 Å². The van der Waals surface area contributed by atoms with E-state index < -0.39 is 16.2 Å². The Balaban J connectivity index is 2.69. The molecule has 1 aromatic carbocycles. The van der Waals surface area contributed by atoms with E-state index in [-0.39, 0.29) is 29.5 Å². The predicted molar refractivity (Wildman–Crippen MR) is 65.9 cm³/mol. The number of ether oxygens (including phenoxy) is 1. The number of sulfone groups is 1. The number of hydrogen-bond acceptors (Lipinski definition) is 4. The Bertz CT molecular complexity index is 514. The average Bonchev–Trinajstić information content (AvgIpc) is 2.29. The van der Waals surface area contributed by atoms with Crippen molar-refractivity contribution in [3.8, 4) is 5.75 Å². The van der Waals surface area contributed by atoms with Crippen LogP contribution in [-0.2, 0) is 9.84 Å². The molecule has 0 fully saturated rings. The van der Waals surface area contributed by atoms with Gasteiger partial charge in [0, 0.05) is 12.3 Å². The van der Waals surface area contributed by atoms with Crippen molar-refractivity contribution in [1.82, 2.24) is 0 Å². The van der Waals surface area contributed by atoms with Crippen molar-refractivity contribution >= 4 is 15.5 Å². The molecule has 0 aromatic heterocycles. The van der Waals surface area contributed by atoms with Gasteiger partial charge in [-0.3, -0.25) is 0 Å². The first kappa shape index (κ1) is 15.6. The van der Waals surface area contributed by atoms with Crippen LogP contribution in [0.15, 0.2) is 24.3 Å². The zero-order valence-electron chi connectivity index (χ0n) is 10.2. The minimum absolute atomic E-state index is 0.00459. The Morgan fingerprint density at radius 2 is 1.89 bits per heavy atom. The SMILES string of the molecule is CCS(=O)(=O)CCNc1ccccc1OC(F)(F)F. The average molecular weight is 297 g/mol. The summed E-state index contributed by atoms with van der Waals surface area (Å²) in [5.74, 6) is -0.539. The lowest BCUT2D eigenvalue weighted by Gasteiger charge is -2.14. The van der Waals surface area contributed by atoms with Gasteiger partial charge >= 0.3 is 6.36 Å². The molecule has 0 saturated heterocycles. The van der Waals surface area contributed by atoms with E-state index in [1.54, 1.807) is 0 Å². The van der Waals surface area contributed by atoms with Gasteiger partial charge in [0.1, 0.15) is 0 Å². The Kier molecular flexibility index (Phi) is 5.04. The number of nitrogens with one attached hydrogen (secondary N) is 1. The summed E-state index contributed by atoms with van der Waals surface area (Å²) in [5, 5.41) is 2.62. The van der Waals surface area contributed by atoms with Gasteiger partial charge in [0.15, 0.2) is 15.6 Å². The summed E-state index contributed by atoms with van der Waals surface area (Å²) in [6.07, 6.45) is -4.78. The molecule has 19 heavy (non-hydrogen) atoms. The van der Waals surface area contributed by atoms with E-state index in [1.807, 2.05) is 0 Å². The molecule has 8 heteroatoms. The molecule has 0 aliphatic heterocycles. The molecule has 1 N–H and O–H groups in total. The van der Waals surface area contributed by atoms with Crippen LogP contribution in [0.5, 0.6) is 5.75 Å². The lowest BCUT2D eigenvalue weighted by molar-refractivity contribution is -0.274. The first-order chi connectivity index (χ1) is 8.73. The van der Waals surface area contributed by atoms with E-state index in [0.717, 1.165) is 6.07 Å². The first-order valence-corrected chi connectivity index (χ1v) is 7.35. The highest BCUT2D eigenvalue weighted by Gasteiger charge is 2.32. The summed E-state index contributed by atoms with van der Waals surface area (Å²) < 4.78 is 62.8. The van der Waals surface area contributed by atoms with Crippen LogP contribution in [0.3, 0.4) is 0 Å². The minimum Gasteiger partial charge on any atom is -0.404 e. The summed E-state index contributed by atoms with van der Waals surface area (Å²) in [4.78, 5) is 0. The largest absolute Gasteiger partial charge is 0.573 e. The quantitative estimate of drug-likeness (QED) is 0.876. The highest BCUT2D eigenvalue weighted by Crippen LogP contribution is 2.29. The summed E-state index contributed by atoms with van der Waals surface area (Å²) in [7, 11) is -3.16. The Morgan fingerprint density at radius 3 is 2.47 bits per heavy atom. The van der Waals surface area contributed by atoms with Crippen molar-refractivity contribution < 1.29 is 26.3 Å². The smallest absolute Gasteiger partial charge is 0.404 e. The standard InChI is InChI=1S/C11H14F3NO3S/c1-2-19(16,17)8-7-15-9-5-3-4-6-10(9)18-11(12,13)14/h3-6,15H,2,7-8H2,1H3. The maximum atomic E-state index is 12.1. The van der Waals surface area contributed by atoms with Crippen molar-refractivity contribution in [3.63, 3.8) is 0 Å². The Morgan fingerprint density at radius 1 is 1.26 bits per heavy atom. The summed E-state index contributed by atoms with van der Waals surface area (Å²) in [6, 6.07) is 5.47. The van der Waals surface area contributed by atoms with Gasteiger partial charge in [-0.1, -0.05) is 19.1 Å². The van der Waals surface area contributed by atoms with E-state index in [9.17, 15) is 21.6 Å². The third-order valence-electron chi connectivity index (χ3n) is 2.28. The van der Waals surface area contributed by atoms with Gasteiger partial charge < -0.3 is 10.1 Å². The van der Waals surface area contributed by atoms with E-state index in [0.29, 0.717) is 0 Å². The molecule has 1 rings (SSSR count). The normalized spacial score (nSPS) is 12.2. The number of anilines is 1. The lowest BCUT2D eigenvalue weighted by atomic mass is 10.3. The molecule has 0 amide bonds. The van der Waals surface area contributed by atoms with Crippen molar-refractivity contribution in [2.75, 3.05) is 23.4 Å². The number of para-hydroxylation sites is 2. The second kappa shape index (κ2) is 6.14. The molecule has 1 aromatic rings. The molecular formula is C11H14F3NO3S. The second-order valence-electron chi connectivity index (χ2n) is 3.71. The van der Waals surface area contributed by atoms with E-state index in [2.05, 4.69) is 10.1 Å². The third kappa shape index (κ3) is 5.82. The summed E-state index contributed by atoms with van der Waals surface area (Å²) >= 11 is 0. The fourth-order valence-corrected chi connectivity index (χ4v) is 2.01. The second-order valence-corrected chi connectivity index (χ2v) is 6.18. The van der Waals surface area contributed by atoms with Gasteiger partial charge in [-0.05, 0) is 12.1 Å². The van der Waals surface area contributed by atoms with Gasteiger partial charge in [-0.2, -0.15) is 0 Å². The van der Waals surface area contributed by atoms with Crippen LogP contribution >= 0.6 is 0 Å². The van der Waals surface area contributed by atoms with Crippen molar-refractivity contribution in [3.05, 3.63) is 24.3 Å². The molecule has 0 saturated carbocycles. The fourth-order valence-electron chi connectivity index (χ4n) is 1.31. The molecule has 0 radical (unpaired) electrons. The van der Waals surface area contributed by atoms with Gasteiger partial charge in [-0.15, -0.1) is 13.2 Å². The van der Waals surface area contributed by atoms with Crippen LogP contribution in [0.4, 0.5) is 18.9 Å². The maximum absolute atomic E-state index is 12.1. The minimum atomic E-state index is -4.78. The predicted octanol–water partition coefficient (Wildman–Crippen LogP) is 2.43. The van der Waals surface area contributed by atoms with Crippen LogP contribution < -0.4 is 10.1 Å². The molecule has 0 heterocycles. The van der Waals surface area contributed by atoms with Gasteiger partial charge in [0.2, 0.25) is 0 Å². The number of hydrogen-bond donors (Lipinski definition) is 1. The molecule has 108 valence electrons. The van der Waals surface area contributed by atoms with Crippen LogP contribution in [0.2, 0.25) is 0 Å².